The van der Waals surface area contributed by atoms with Crippen LogP contribution in [0.25, 0.3) is 0 Å². The molecule has 3 aliphatic rings. The van der Waals surface area contributed by atoms with Crippen LogP contribution in [-0.4, -0.2) is 67.6 Å². The van der Waals surface area contributed by atoms with Crippen molar-refractivity contribution in [3.63, 3.8) is 0 Å². The largest absolute Gasteiger partial charge is 0.466 e. The lowest BCUT2D eigenvalue weighted by Gasteiger charge is -2.47. The lowest BCUT2D eigenvalue weighted by atomic mass is 9.95. The number of rotatable bonds is 1. The van der Waals surface area contributed by atoms with Crippen LogP contribution >= 0.6 is 0 Å². The Morgan fingerprint density at radius 3 is 2.52 bits per heavy atom. The maximum Gasteiger partial charge on any atom is 0.420 e. The fourth-order valence-electron chi connectivity index (χ4n) is 4.05. The summed E-state index contributed by atoms with van der Waals surface area (Å²) in [7, 11) is 0. The van der Waals surface area contributed by atoms with Gasteiger partial charge in [0.1, 0.15) is 11.4 Å². The Morgan fingerprint density at radius 1 is 1.17 bits per heavy atom. The van der Waals surface area contributed by atoms with Crippen LogP contribution in [0.1, 0.15) is 44.0 Å². The SMILES string of the molecule is CC(C)(C)OC(=O)N1C(=O)c2cc(N3CCOCC3)ccc2OC12CCNCC2. The Bertz CT molecular complexity index is 792. The number of ether oxygens (including phenoxy) is 3. The van der Waals surface area contributed by atoms with Crippen LogP contribution in [-0.2, 0) is 9.47 Å². The first-order valence-electron chi connectivity index (χ1n) is 10.2. The molecule has 29 heavy (non-hydrogen) atoms. The van der Waals surface area contributed by atoms with Crippen LogP contribution in [0.3, 0.4) is 0 Å². The number of nitrogens with one attached hydrogen (secondary N) is 1. The van der Waals surface area contributed by atoms with Crippen LogP contribution < -0.4 is 15.0 Å². The van der Waals surface area contributed by atoms with Gasteiger partial charge in [-0.05, 0) is 39.0 Å². The first kappa shape index (κ1) is 20.0. The summed E-state index contributed by atoms with van der Waals surface area (Å²) >= 11 is 0. The number of piperidine rings is 1. The molecule has 2 saturated heterocycles. The summed E-state index contributed by atoms with van der Waals surface area (Å²) in [5.41, 5.74) is -0.405. The van der Waals surface area contributed by atoms with Crippen molar-refractivity contribution in [2.24, 2.45) is 0 Å². The summed E-state index contributed by atoms with van der Waals surface area (Å²) in [5, 5.41) is 3.27. The van der Waals surface area contributed by atoms with Crippen molar-refractivity contribution in [2.75, 3.05) is 44.3 Å². The van der Waals surface area contributed by atoms with Crippen molar-refractivity contribution in [2.45, 2.75) is 44.9 Å². The maximum absolute atomic E-state index is 13.5. The smallest absolute Gasteiger partial charge is 0.420 e. The maximum atomic E-state index is 13.5. The van der Waals surface area contributed by atoms with Gasteiger partial charge in [0.15, 0.2) is 5.72 Å². The van der Waals surface area contributed by atoms with E-state index in [1.54, 1.807) is 20.8 Å². The van der Waals surface area contributed by atoms with Crippen LogP contribution in [0, 0.1) is 0 Å². The van der Waals surface area contributed by atoms with E-state index in [0.29, 0.717) is 50.5 Å². The van der Waals surface area contributed by atoms with Gasteiger partial charge < -0.3 is 24.4 Å². The molecule has 0 atom stereocenters. The van der Waals surface area contributed by atoms with E-state index in [1.807, 2.05) is 18.2 Å². The molecule has 0 unspecified atom stereocenters. The lowest BCUT2D eigenvalue weighted by Crippen LogP contribution is -2.64. The number of amides is 2. The number of carbonyl (C=O) groups is 2. The molecule has 1 aromatic carbocycles. The second-order valence-corrected chi connectivity index (χ2v) is 8.70. The summed E-state index contributed by atoms with van der Waals surface area (Å²) in [6.07, 6.45) is 0.373. The van der Waals surface area contributed by atoms with E-state index in [2.05, 4.69) is 10.2 Å². The molecule has 0 radical (unpaired) electrons. The molecule has 1 N–H and O–H groups in total. The highest BCUT2D eigenvalue weighted by molar-refractivity contribution is 6.07. The molecular formula is C21H29N3O5. The predicted octanol–water partition coefficient (Wildman–Crippen LogP) is 2.37. The fourth-order valence-corrected chi connectivity index (χ4v) is 4.05. The highest BCUT2D eigenvalue weighted by Crippen LogP contribution is 2.40. The molecule has 2 amide bonds. The van der Waals surface area contributed by atoms with Crippen molar-refractivity contribution in [3.05, 3.63) is 23.8 Å². The second-order valence-electron chi connectivity index (χ2n) is 8.70. The van der Waals surface area contributed by atoms with Gasteiger partial charge in [-0.25, -0.2) is 9.69 Å². The number of imide groups is 1. The molecule has 158 valence electrons. The molecule has 1 spiro atoms. The molecule has 3 heterocycles. The Morgan fingerprint density at radius 2 is 1.86 bits per heavy atom. The number of morpholine rings is 1. The second kappa shape index (κ2) is 7.50. The molecule has 8 nitrogen and oxygen atoms in total. The minimum atomic E-state index is -1.02. The molecule has 0 aromatic heterocycles. The van der Waals surface area contributed by atoms with Gasteiger partial charge in [0.25, 0.3) is 5.91 Å². The van der Waals surface area contributed by atoms with E-state index < -0.39 is 17.4 Å². The number of benzene rings is 1. The summed E-state index contributed by atoms with van der Waals surface area (Å²) < 4.78 is 17.3. The highest BCUT2D eigenvalue weighted by Gasteiger charge is 2.52. The third-order valence-corrected chi connectivity index (χ3v) is 5.44. The molecule has 2 fully saturated rings. The average molecular weight is 403 g/mol. The third-order valence-electron chi connectivity index (χ3n) is 5.44. The van der Waals surface area contributed by atoms with Crippen molar-refractivity contribution in [1.29, 1.82) is 0 Å². The predicted molar refractivity (Wildman–Crippen MR) is 107 cm³/mol. The monoisotopic (exact) mass is 403 g/mol. The lowest BCUT2D eigenvalue weighted by molar-refractivity contribution is -0.0945. The number of fused-ring (bicyclic) bond motifs is 1. The van der Waals surface area contributed by atoms with Gasteiger partial charge in [-0.1, -0.05) is 0 Å². The molecule has 0 bridgehead atoms. The standard InChI is InChI=1S/C21H29N3O5/c1-20(2,3)29-19(26)24-18(25)16-14-15(23-10-12-27-13-11-23)4-5-17(16)28-21(24)6-8-22-9-7-21/h4-5,14,22H,6-13H2,1-3H3. The van der Waals surface area contributed by atoms with Crippen LogP contribution in [0.15, 0.2) is 18.2 Å². The molecule has 4 rings (SSSR count). The summed E-state index contributed by atoms with van der Waals surface area (Å²) in [6, 6.07) is 5.62. The zero-order valence-electron chi connectivity index (χ0n) is 17.3. The molecule has 1 aromatic rings. The Kier molecular flexibility index (Phi) is 5.16. The van der Waals surface area contributed by atoms with E-state index in [4.69, 9.17) is 14.2 Å². The van der Waals surface area contributed by atoms with Gasteiger partial charge in [-0.2, -0.15) is 0 Å². The Labute approximate surface area is 171 Å². The normalized spacial score (nSPS) is 21.6. The first-order valence-corrected chi connectivity index (χ1v) is 10.2. The van der Waals surface area contributed by atoms with E-state index in [9.17, 15) is 9.59 Å². The molecule has 3 aliphatic heterocycles. The van der Waals surface area contributed by atoms with Gasteiger partial charge in [0.2, 0.25) is 0 Å². The number of hydrogen-bond donors (Lipinski definition) is 1. The van der Waals surface area contributed by atoms with Crippen molar-refractivity contribution < 1.29 is 23.8 Å². The molecular weight excluding hydrogens is 374 g/mol. The average Bonchev–Trinajstić information content (AvgIpc) is 2.68. The van der Waals surface area contributed by atoms with Crippen molar-refractivity contribution >= 4 is 17.7 Å². The van der Waals surface area contributed by atoms with Gasteiger partial charge in [-0.3, -0.25) is 4.79 Å². The van der Waals surface area contributed by atoms with Gasteiger partial charge in [0, 0.05) is 44.7 Å². The summed E-state index contributed by atoms with van der Waals surface area (Å²) in [4.78, 5) is 30.0. The quantitative estimate of drug-likeness (QED) is 0.771. The Balaban J connectivity index is 1.70. The molecule has 0 saturated carbocycles. The molecule has 0 aliphatic carbocycles. The van der Waals surface area contributed by atoms with E-state index in [0.717, 1.165) is 18.8 Å². The zero-order chi connectivity index (χ0) is 20.6. The summed E-state index contributed by atoms with van der Waals surface area (Å²) in [5.74, 6) is 0.159. The van der Waals surface area contributed by atoms with E-state index in [-0.39, 0.29) is 5.91 Å². The third kappa shape index (κ3) is 3.91. The van der Waals surface area contributed by atoms with Gasteiger partial charge in [-0.15, -0.1) is 0 Å². The first-order chi connectivity index (χ1) is 13.8. The van der Waals surface area contributed by atoms with Crippen molar-refractivity contribution in [1.82, 2.24) is 10.2 Å². The van der Waals surface area contributed by atoms with Gasteiger partial charge in [0.05, 0.1) is 18.8 Å². The fraction of sp³-hybridized carbons (Fsp3) is 0.619. The zero-order valence-corrected chi connectivity index (χ0v) is 17.3. The minimum Gasteiger partial charge on any atom is -0.466 e. The summed E-state index contributed by atoms with van der Waals surface area (Å²) in [6.45, 7) is 9.53. The minimum absolute atomic E-state index is 0.363. The van der Waals surface area contributed by atoms with Crippen LogP contribution in [0.4, 0.5) is 10.5 Å². The van der Waals surface area contributed by atoms with Crippen LogP contribution in [0.2, 0.25) is 0 Å². The molecule has 8 heteroatoms. The number of nitrogens with zero attached hydrogens (tertiary/aromatic N) is 2. The topological polar surface area (TPSA) is 80.3 Å². The number of anilines is 1. The van der Waals surface area contributed by atoms with Crippen LogP contribution in [0.5, 0.6) is 5.75 Å². The van der Waals surface area contributed by atoms with E-state index >= 15 is 0 Å². The van der Waals surface area contributed by atoms with E-state index in [1.165, 1.54) is 4.90 Å². The van der Waals surface area contributed by atoms with Gasteiger partial charge >= 0.3 is 6.09 Å². The van der Waals surface area contributed by atoms with Crippen molar-refractivity contribution in [3.8, 4) is 5.75 Å². The number of carbonyl (C=O) groups excluding carboxylic acids is 2. The highest BCUT2D eigenvalue weighted by atomic mass is 16.6. The Hall–Kier alpha value is -2.32. The number of hydrogen-bond acceptors (Lipinski definition) is 7.